The second-order valence-electron chi connectivity index (χ2n) is 5.64. The lowest BCUT2D eigenvalue weighted by Gasteiger charge is -2.26. The lowest BCUT2D eigenvalue weighted by molar-refractivity contribution is -0.130. The summed E-state index contributed by atoms with van der Waals surface area (Å²) in [6.07, 6.45) is -0.910. The van der Waals surface area contributed by atoms with E-state index >= 15 is 0 Å². The molecule has 1 heterocycles. The van der Waals surface area contributed by atoms with Crippen molar-refractivity contribution in [2.75, 3.05) is 5.32 Å². The number of nitrogens with one attached hydrogen (secondary N) is 2. The van der Waals surface area contributed by atoms with Gasteiger partial charge in [-0.3, -0.25) is 9.59 Å². The first-order valence-corrected chi connectivity index (χ1v) is 8.02. The molecule has 6 heteroatoms. The number of carbonyl (C=O) groups is 2. The van der Waals surface area contributed by atoms with Crippen LogP contribution in [0.15, 0.2) is 48.5 Å². The van der Waals surface area contributed by atoms with Gasteiger partial charge in [-0.25, -0.2) is 0 Å². The minimum Gasteiger partial charge on any atom is -0.478 e. The zero-order valence-electron chi connectivity index (χ0n) is 13.1. The van der Waals surface area contributed by atoms with Crippen LogP contribution in [-0.2, 0) is 9.59 Å². The first-order chi connectivity index (χ1) is 11.5. The predicted molar refractivity (Wildman–Crippen MR) is 92.1 cm³/mol. The third kappa shape index (κ3) is 3.68. The van der Waals surface area contributed by atoms with Crippen LogP contribution in [0.25, 0.3) is 0 Å². The van der Waals surface area contributed by atoms with Crippen LogP contribution in [0, 0.1) is 0 Å². The molecule has 5 nitrogen and oxygen atoms in total. The van der Waals surface area contributed by atoms with Crippen molar-refractivity contribution in [1.29, 1.82) is 0 Å². The molecule has 0 radical (unpaired) electrons. The van der Waals surface area contributed by atoms with Gasteiger partial charge in [-0.05, 0) is 30.7 Å². The first kappa shape index (κ1) is 16.3. The van der Waals surface area contributed by atoms with Crippen LogP contribution >= 0.6 is 11.6 Å². The predicted octanol–water partition coefficient (Wildman–Crippen LogP) is 3.31. The molecule has 1 aliphatic heterocycles. The van der Waals surface area contributed by atoms with Gasteiger partial charge in [0.15, 0.2) is 6.10 Å². The number of hydrogen-bond donors (Lipinski definition) is 2. The fourth-order valence-electron chi connectivity index (χ4n) is 2.55. The van der Waals surface area contributed by atoms with Gasteiger partial charge in [0.25, 0.3) is 5.91 Å². The molecule has 0 bridgehead atoms. The number of hydrogen-bond acceptors (Lipinski definition) is 3. The minimum atomic E-state index is -0.860. The van der Waals surface area contributed by atoms with Gasteiger partial charge in [0.1, 0.15) is 5.75 Å². The van der Waals surface area contributed by atoms with Crippen LogP contribution in [0.3, 0.4) is 0 Å². The molecule has 2 N–H and O–H groups in total. The number of benzene rings is 2. The lowest BCUT2D eigenvalue weighted by atomic mass is 10.1. The van der Waals surface area contributed by atoms with Gasteiger partial charge in [-0.1, -0.05) is 41.9 Å². The zero-order valence-corrected chi connectivity index (χ0v) is 13.8. The summed E-state index contributed by atoms with van der Waals surface area (Å²) in [4.78, 5) is 24.3. The third-order valence-electron chi connectivity index (χ3n) is 3.81. The molecule has 1 aliphatic rings. The van der Waals surface area contributed by atoms with E-state index in [-0.39, 0.29) is 24.3 Å². The molecule has 2 aromatic rings. The number of amides is 2. The highest BCUT2D eigenvalue weighted by Crippen LogP contribution is 2.32. The maximum Gasteiger partial charge on any atom is 0.266 e. The number of ether oxygens (including phenoxy) is 1. The number of rotatable bonds is 4. The number of anilines is 1. The molecule has 2 aromatic carbocycles. The van der Waals surface area contributed by atoms with Crippen LogP contribution in [0.4, 0.5) is 5.69 Å². The molecule has 2 amide bonds. The average molecular weight is 345 g/mol. The summed E-state index contributed by atoms with van der Waals surface area (Å²) in [5.74, 6) is -0.0934. The third-order valence-corrected chi connectivity index (χ3v) is 4.04. The normalized spacial score (nSPS) is 17.2. The van der Waals surface area contributed by atoms with Crippen molar-refractivity contribution in [1.82, 2.24) is 5.32 Å². The Kier molecular flexibility index (Phi) is 4.71. The molecule has 0 aliphatic carbocycles. The maximum atomic E-state index is 12.2. The molecule has 2 atom stereocenters. The molecule has 124 valence electrons. The Balaban J connectivity index is 1.62. The number of carbonyl (C=O) groups excluding carboxylic acids is 2. The van der Waals surface area contributed by atoms with Gasteiger partial charge in [-0.15, -0.1) is 0 Å². The molecule has 0 spiro atoms. The van der Waals surface area contributed by atoms with E-state index in [2.05, 4.69) is 10.6 Å². The smallest absolute Gasteiger partial charge is 0.266 e. The summed E-state index contributed by atoms with van der Waals surface area (Å²) in [5.41, 5.74) is 1.52. The molecular weight excluding hydrogens is 328 g/mol. The van der Waals surface area contributed by atoms with E-state index in [1.807, 2.05) is 37.3 Å². The highest BCUT2D eigenvalue weighted by molar-refractivity contribution is 6.31. The van der Waals surface area contributed by atoms with Crippen molar-refractivity contribution < 1.29 is 14.3 Å². The highest BCUT2D eigenvalue weighted by atomic mass is 35.5. The Morgan fingerprint density at radius 2 is 2.04 bits per heavy atom. The summed E-state index contributed by atoms with van der Waals surface area (Å²) in [6.45, 7) is 1.90. The molecule has 0 saturated heterocycles. The SMILES string of the molecule is C[C@@H](NC(=O)C[C@@H]1Oc2ccc(Cl)cc2NC1=O)c1ccccc1. The van der Waals surface area contributed by atoms with Crippen LogP contribution in [0.1, 0.15) is 24.9 Å². The van der Waals surface area contributed by atoms with Crippen LogP contribution in [-0.4, -0.2) is 17.9 Å². The summed E-state index contributed by atoms with van der Waals surface area (Å²) in [6, 6.07) is 14.4. The molecule has 0 fully saturated rings. The van der Waals surface area contributed by atoms with Crippen molar-refractivity contribution >= 4 is 29.1 Å². The van der Waals surface area contributed by atoms with E-state index in [9.17, 15) is 9.59 Å². The lowest BCUT2D eigenvalue weighted by Crippen LogP contribution is -2.41. The Hall–Kier alpha value is -2.53. The van der Waals surface area contributed by atoms with Crippen molar-refractivity contribution in [3.8, 4) is 5.75 Å². The van der Waals surface area contributed by atoms with Gasteiger partial charge < -0.3 is 15.4 Å². The molecular formula is C18H17ClN2O3. The first-order valence-electron chi connectivity index (χ1n) is 7.64. The zero-order chi connectivity index (χ0) is 17.1. The van der Waals surface area contributed by atoms with Crippen LogP contribution in [0.2, 0.25) is 5.02 Å². The van der Waals surface area contributed by atoms with Crippen molar-refractivity contribution in [2.45, 2.75) is 25.5 Å². The van der Waals surface area contributed by atoms with Crippen molar-refractivity contribution in [2.24, 2.45) is 0 Å². The fourth-order valence-corrected chi connectivity index (χ4v) is 2.72. The van der Waals surface area contributed by atoms with E-state index < -0.39 is 6.10 Å². The number of halogens is 1. The average Bonchev–Trinajstić information content (AvgIpc) is 2.56. The second kappa shape index (κ2) is 6.93. The molecule has 3 rings (SSSR count). The van der Waals surface area contributed by atoms with E-state index in [1.165, 1.54) is 0 Å². The quantitative estimate of drug-likeness (QED) is 0.894. The van der Waals surface area contributed by atoms with Gasteiger partial charge >= 0.3 is 0 Å². The van der Waals surface area contributed by atoms with Gasteiger partial charge in [-0.2, -0.15) is 0 Å². The summed E-state index contributed by atoms with van der Waals surface area (Å²) in [7, 11) is 0. The largest absolute Gasteiger partial charge is 0.478 e. The molecule has 0 unspecified atom stereocenters. The summed E-state index contributed by atoms with van der Waals surface area (Å²) >= 11 is 5.89. The summed E-state index contributed by atoms with van der Waals surface area (Å²) < 4.78 is 5.63. The van der Waals surface area contributed by atoms with Crippen molar-refractivity contribution in [3.63, 3.8) is 0 Å². The van der Waals surface area contributed by atoms with E-state index in [0.717, 1.165) is 5.56 Å². The van der Waals surface area contributed by atoms with Gasteiger partial charge in [0, 0.05) is 5.02 Å². The minimum absolute atomic E-state index is 0.0505. The second-order valence-corrected chi connectivity index (χ2v) is 6.08. The Morgan fingerprint density at radius 3 is 2.79 bits per heavy atom. The maximum absolute atomic E-state index is 12.2. The summed E-state index contributed by atoms with van der Waals surface area (Å²) in [5, 5.41) is 6.09. The fraction of sp³-hybridized carbons (Fsp3) is 0.222. The van der Waals surface area contributed by atoms with E-state index in [0.29, 0.717) is 16.5 Å². The Labute approximate surface area is 145 Å². The van der Waals surface area contributed by atoms with Gasteiger partial charge in [0.2, 0.25) is 5.91 Å². The molecule has 0 aromatic heterocycles. The monoisotopic (exact) mass is 344 g/mol. The highest BCUT2D eigenvalue weighted by Gasteiger charge is 2.30. The van der Waals surface area contributed by atoms with E-state index in [1.54, 1.807) is 18.2 Å². The van der Waals surface area contributed by atoms with Gasteiger partial charge in [0.05, 0.1) is 18.2 Å². The number of fused-ring (bicyclic) bond motifs is 1. The van der Waals surface area contributed by atoms with E-state index in [4.69, 9.17) is 16.3 Å². The van der Waals surface area contributed by atoms with Crippen LogP contribution < -0.4 is 15.4 Å². The Morgan fingerprint density at radius 1 is 1.29 bits per heavy atom. The topological polar surface area (TPSA) is 67.4 Å². The Bertz CT molecular complexity index is 764. The van der Waals surface area contributed by atoms with Crippen LogP contribution in [0.5, 0.6) is 5.75 Å². The molecule has 0 saturated carbocycles. The molecule has 24 heavy (non-hydrogen) atoms. The standard InChI is InChI=1S/C18H17ClN2O3/c1-11(12-5-3-2-4-6-12)20-17(22)10-16-18(23)21-14-9-13(19)7-8-15(14)24-16/h2-9,11,16H,10H2,1H3,(H,20,22)(H,21,23)/t11-,16+/m1/s1. The van der Waals surface area contributed by atoms with Crippen molar-refractivity contribution in [3.05, 3.63) is 59.1 Å².